The van der Waals surface area contributed by atoms with E-state index in [0.717, 1.165) is 5.56 Å². The van der Waals surface area contributed by atoms with Crippen LogP contribution in [0.4, 0.5) is 14.9 Å². The van der Waals surface area contributed by atoms with Crippen LogP contribution in [0.2, 0.25) is 0 Å². The van der Waals surface area contributed by atoms with Crippen molar-refractivity contribution in [1.29, 1.82) is 0 Å². The number of rotatable bonds is 4. The van der Waals surface area contributed by atoms with E-state index < -0.39 is 0 Å². The zero-order valence-corrected chi connectivity index (χ0v) is 13.2. The predicted octanol–water partition coefficient (Wildman–Crippen LogP) is 3.27. The van der Waals surface area contributed by atoms with Gasteiger partial charge in [0, 0.05) is 18.8 Å². The number of hydrogen-bond acceptors (Lipinski definition) is 3. The molecule has 2 aromatic carbocycles. The maximum Gasteiger partial charge on any atom is 0.321 e. The van der Waals surface area contributed by atoms with Crippen molar-refractivity contribution < 1.29 is 18.7 Å². The maximum absolute atomic E-state index is 13.1. The number of ether oxygens (including phenoxy) is 2. The first kappa shape index (κ1) is 16.3. The highest BCUT2D eigenvalue weighted by Crippen LogP contribution is 2.18. The Kier molecular flexibility index (Phi) is 5.28. The van der Waals surface area contributed by atoms with E-state index in [2.05, 4.69) is 5.32 Å². The van der Waals surface area contributed by atoms with E-state index >= 15 is 0 Å². The smallest absolute Gasteiger partial charge is 0.321 e. The predicted molar refractivity (Wildman–Crippen MR) is 88.6 cm³/mol. The Morgan fingerprint density at radius 2 is 1.92 bits per heavy atom. The lowest BCUT2D eigenvalue weighted by Gasteiger charge is -2.26. The van der Waals surface area contributed by atoms with Crippen LogP contribution in [0, 0.1) is 5.82 Å². The summed E-state index contributed by atoms with van der Waals surface area (Å²) in [7, 11) is 0. The molecule has 6 heteroatoms. The molecule has 1 N–H and O–H groups in total. The Morgan fingerprint density at radius 1 is 1.17 bits per heavy atom. The van der Waals surface area contributed by atoms with Crippen LogP contribution in [0.5, 0.6) is 5.75 Å². The Bertz CT molecular complexity index is 685. The second kappa shape index (κ2) is 7.79. The highest BCUT2D eigenvalue weighted by molar-refractivity contribution is 5.89. The van der Waals surface area contributed by atoms with Gasteiger partial charge in [0.2, 0.25) is 0 Å². The van der Waals surface area contributed by atoms with Crippen molar-refractivity contribution in [3.63, 3.8) is 0 Å². The van der Waals surface area contributed by atoms with E-state index in [1.807, 2.05) is 0 Å². The Labute approximate surface area is 140 Å². The third-order valence-corrected chi connectivity index (χ3v) is 3.70. The number of carbonyl (C=O) groups is 1. The number of anilines is 1. The first-order valence-electron chi connectivity index (χ1n) is 7.82. The Morgan fingerprint density at radius 3 is 2.62 bits per heavy atom. The van der Waals surface area contributed by atoms with Gasteiger partial charge in [-0.1, -0.05) is 12.1 Å². The van der Waals surface area contributed by atoms with Crippen molar-refractivity contribution >= 4 is 11.7 Å². The van der Waals surface area contributed by atoms with Crippen LogP contribution >= 0.6 is 0 Å². The first-order valence-corrected chi connectivity index (χ1v) is 7.82. The van der Waals surface area contributed by atoms with Crippen molar-refractivity contribution in [2.75, 3.05) is 31.6 Å². The second-order valence-corrected chi connectivity index (χ2v) is 5.47. The molecule has 24 heavy (non-hydrogen) atoms. The van der Waals surface area contributed by atoms with Crippen molar-refractivity contribution in [1.82, 2.24) is 4.90 Å². The summed E-state index contributed by atoms with van der Waals surface area (Å²) in [6.07, 6.45) is 0. The maximum atomic E-state index is 13.1. The fourth-order valence-electron chi connectivity index (χ4n) is 2.40. The molecule has 0 spiro atoms. The van der Waals surface area contributed by atoms with Gasteiger partial charge >= 0.3 is 6.03 Å². The van der Waals surface area contributed by atoms with E-state index in [1.54, 1.807) is 41.3 Å². The van der Waals surface area contributed by atoms with Gasteiger partial charge in [0.05, 0.1) is 13.2 Å². The van der Waals surface area contributed by atoms with Gasteiger partial charge in [0.25, 0.3) is 0 Å². The minimum absolute atomic E-state index is 0.133. The zero-order chi connectivity index (χ0) is 16.8. The third kappa shape index (κ3) is 4.45. The van der Waals surface area contributed by atoms with Crippen LogP contribution in [0.15, 0.2) is 48.5 Å². The van der Waals surface area contributed by atoms with Crippen molar-refractivity contribution in [3.8, 4) is 5.75 Å². The van der Waals surface area contributed by atoms with Crippen LogP contribution in [0.3, 0.4) is 0 Å². The topological polar surface area (TPSA) is 50.8 Å². The van der Waals surface area contributed by atoms with Gasteiger partial charge < -0.3 is 19.7 Å². The fraction of sp³-hybridized carbons (Fsp3) is 0.278. The number of halogens is 1. The second-order valence-electron chi connectivity index (χ2n) is 5.47. The van der Waals surface area contributed by atoms with Crippen molar-refractivity contribution in [2.24, 2.45) is 0 Å². The highest BCUT2D eigenvalue weighted by Gasteiger charge is 2.16. The number of benzene rings is 2. The molecule has 0 radical (unpaired) electrons. The van der Waals surface area contributed by atoms with E-state index in [1.165, 1.54) is 12.1 Å². The quantitative estimate of drug-likeness (QED) is 0.936. The normalized spacial score (nSPS) is 14.3. The van der Waals surface area contributed by atoms with Gasteiger partial charge in [-0.15, -0.1) is 0 Å². The molecule has 3 rings (SSSR count). The van der Waals surface area contributed by atoms with Crippen LogP contribution in [-0.4, -0.2) is 37.2 Å². The van der Waals surface area contributed by atoms with Crippen LogP contribution in [0.1, 0.15) is 5.56 Å². The standard InChI is InChI=1S/C18H19FN2O3/c19-15-3-1-2-14(12-15)13-24-17-6-4-16(5-7-17)20-18(22)21-8-10-23-11-9-21/h1-7,12H,8-11,13H2,(H,20,22). The molecule has 0 aromatic heterocycles. The summed E-state index contributed by atoms with van der Waals surface area (Å²) < 4.78 is 24.0. The molecule has 1 fully saturated rings. The van der Waals surface area contributed by atoms with Gasteiger partial charge in [0.15, 0.2) is 0 Å². The molecule has 126 valence electrons. The molecule has 1 heterocycles. The molecule has 5 nitrogen and oxygen atoms in total. The lowest BCUT2D eigenvalue weighted by Crippen LogP contribution is -2.43. The van der Waals surface area contributed by atoms with Gasteiger partial charge in [-0.25, -0.2) is 9.18 Å². The van der Waals surface area contributed by atoms with E-state index in [-0.39, 0.29) is 18.5 Å². The number of nitrogens with one attached hydrogen (secondary N) is 1. The van der Waals surface area contributed by atoms with E-state index in [9.17, 15) is 9.18 Å². The summed E-state index contributed by atoms with van der Waals surface area (Å²) in [4.78, 5) is 13.8. The molecule has 1 aliphatic heterocycles. The monoisotopic (exact) mass is 330 g/mol. The number of urea groups is 1. The van der Waals surface area contributed by atoms with E-state index in [4.69, 9.17) is 9.47 Å². The average molecular weight is 330 g/mol. The molecule has 2 aromatic rings. The van der Waals surface area contributed by atoms with Gasteiger partial charge in [-0.05, 0) is 42.0 Å². The highest BCUT2D eigenvalue weighted by atomic mass is 19.1. The summed E-state index contributed by atoms with van der Waals surface area (Å²) in [6, 6.07) is 13.3. The lowest BCUT2D eigenvalue weighted by atomic mass is 10.2. The number of amides is 2. The fourth-order valence-corrected chi connectivity index (χ4v) is 2.40. The van der Waals surface area contributed by atoms with Crippen molar-refractivity contribution in [2.45, 2.75) is 6.61 Å². The molecule has 0 bridgehead atoms. The van der Waals surface area contributed by atoms with Gasteiger partial charge in [-0.2, -0.15) is 0 Å². The summed E-state index contributed by atoms with van der Waals surface area (Å²) >= 11 is 0. The summed E-state index contributed by atoms with van der Waals surface area (Å²) in [6.45, 7) is 2.62. The van der Waals surface area contributed by atoms with Gasteiger partial charge in [0.1, 0.15) is 18.2 Å². The third-order valence-electron chi connectivity index (χ3n) is 3.70. The average Bonchev–Trinajstić information content (AvgIpc) is 2.62. The minimum atomic E-state index is -0.280. The minimum Gasteiger partial charge on any atom is -0.489 e. The van der Waals surface area contributed by atoms with Gasteiger partial charge in [-0.3, -0.25) is 0 Å². The number of carbonyl (C=O) groups excluding carboxylic acids is 1. The Hall–Kier alpha value is -2.60. The summed E-state index contributed by atoms with van der Waals surface area (Å²) in [5.41, 5.74) is 1.46. The van der Waals surface area contributed by atoms with Crippen LogP contribution in [-0.2, 0) is 11.3 Å². The molecule has 0 saturated carbocycles. The first-order chi connectivity index (χ1) is 11.7. The van der Waals surface area contributed by atoms with Crippen LogP contribution < -0.4 is 10.1 Å². The molecule has 2 amide bonds. The number of morpholine rings is 1. The molecule has 0 atom stereocenters. The molecule has 1 aliphatic rings. The van der Waals surface area contributed by atoms with Crippen molar-refractivity contribution in [3.05, 3.63) is 59.9 Å². The summed E-state index contributed by atoms with van der Waals surface area (Å²) in [5, 5.41) is 2.85. The molecule has 0 aliphatic carbocycles. The lowest BCUT2D eigenvalue weighted by molar-refractivity contribution is 0.0564. The number of nitrogens with zero attached hydrogens (tertiary/aromatic N) is 1. The zero-order valence-electron chi connectivity index (χ0n) is 13.2. The van der Waals surface area contributed by atoms with E-state index in [0.29, 0.717) is 37.7 Å². The Balaban J connectivity index is 1.52. The molecule has 1 saturated heterocycles. The molecule has 0 unspecified atom stereocenters. The SMILES string of the molecule is O=C(Nc1ccc(OCc2cccc(F)c2)cc1)N1CCOCC1. The largest absolute Gasteiger partial charge is 0.489 e. The number of hydrogen-bond donors (Lipinski definition) is 1. The summed E-state index contributed by atoms with van der Waals surface area (Å²) in [5.74, 6) is 0.376. The molecular formula is C18H19FN2O3. The van der Waals surface area contributed by atoms with Crippen LogP contribution in [0.25, 0.3) is 0 Å². The molecular weight excluding hydrogens is 311 g/mol.